The van der Waals surface area contributed by atoms with Crippen molar-refractivity contribution >= 4 is 0 Å². The minimum Gasteiger partial charge on any atom is -0.380 e. The molecule has 0 aliphatic carbocycles. The van der Waals surface area contributed by atoms with Crippen LogP contribution in [-0.2, 0) is 4.74 Å². The van der Waals surface area contributed by atoms with Crippen LogP contribution in [0.2, 0.25) is 0 Å². The van der Waals surface area contributed by atoms with Gasteiger partial charge in [-0.05, 0) is 12.8 Å². The molecule has 2 aliphatic rings. The molecule has 0 bridgehead atoms. The van der Waals surface area contributed by atoms with Gasteiger partial charge in [0.05, 0.1) is 13.2 Å². The Kier molecular flexibility index (Phi) is 2.58. The third-order valence-electron chi connectivity index (χ3n) is 3.64. The zero-order valence-electron chi connectivity index (χ0n) is 8.46. The molecule has 2 rings (SSSR count). The molecule has 0 spiro atoms. The van der Waals surface area contributed by atoms with Gasteiger partial charge in [-0.15, -0.1) is 0 Å². The van der Waals surface area contributed by atoms with E-state index in [1.54, 1.807) is 0 Å². The topological polar surface area (TPSA) is 38.5 Å². The Bertz CT molecular complexity index is 172. The Labute approximate surface area is 80.2 Å². The number of nitrogens with zero attached hydrogens (tertiary/aromatic N) is 1. The zero-order chi connectivity index (χ0) is 9.31. The molecule has 0 aromatic rings. The van der Waals surface area contributed by atoms with Gasteiger partial charge in [-0.3, -0.25) is 4.90 Å². The number of rotatable bonds is 4. The van der Waals surface area contributed by atoms with Gasteiger partial charge in [0.25, 0.3) is 0 Å². The van der Waals surface area contributed by atoms with Crippen LogP contribution in [0.25, 0.3) is 0 Å². The SMILES string of the molecule is CCC1(CN2CCC2CN)COC1. The molecule has 1 atom stereocenters. The highest BCUT2D eigenvalue weighted by Gasteiger charge is 2.41. The van der Waals surface area contributed by atoms with E-state index in [1.807, 2.05) is 0 Å². The summed E-state index contributed by atoms with van der Waals surface area (Å²) in [5.74, 6) is 0. The highest BCUT2D eigenvalue weighted by molar-refractivity contribution is 4.93. The Morgan fingerprint density at radius 2 is 2.31 bits per heavy atom. The summed E-state index contributed by atoms with van der Waals surface area (Å²) in [5, 5.41) is 0. The summed E-state index contributed by atoms with van der Waals surface area (Å²) in [4.78, 5) is 2.52. The van der Waals surface area contributed by atoms with Crippen molar-refractivity contribution in [1.29, 1.82) is 0 Å². The summed E-state index contributed by atoms with van der Waals surface area (Å²) < 4.78 is 5.31. The third kappa shape index (κ3) is 1.60. The van der Waals surface area contributed by atoms with Gasteiger partial charge in [0.2, 0.25) is 0 Å². The van der Waals surface area contributed by atoms with Crippen molar-refractivity contribution in [2.75, 3.05) is 32.8 Å². The van der Waals surface area contributed by atoms with Crippen LogP contribution in [0.3, 0.4) is 0 Å². The lowest BCUT2D eigenvalue weighted by Gasteiger charge is -2.50. The summed E-state index contributed by atoms with van der Waals surface area (Å²) >= 11 is 0. The van der Waals surface area contributed by atoms with Gasteiger partial charge < -0.3 is 10.5 Å². The first-order chi connectivity index (χ1) is 6.29. The predicted octanol–water partition coefficient (Wildman–Crippen LogP) is 0.446. The normalized spacial score (nSPS) is 32.3. The fraction of sp³-hybridized carbons (Fsp3) is 1.00. The van der Waals surface area contributed by atoms with Crippen LogP contribution in [0.15, 0.2) is 0 Å². The van der Waals surface area contributed by atoms with E-state index in [2.05, 4.69) is 11.8 Å². The molecule has 3 nitrogen and oxygen atoms in total. The molecular formula is C10H20N2O. The maximum atomic E-state index is 5.67. The van der Waals surface area contributed by atoms with Gasteiger partial charge in [0.1, 0.15) is 0 Å². The smallest absolute Gasteiger partial charge is 0.0557 e. The van der Waals surface area contributed by atoms with E-state index in [0.717, 1.165) is 19.8 Å². The second kappa shape index (κ2) is 3.56. The van der Waals surface area contributed by atoms with Crippen molar-refractivity contribution in [3.8, 4) is 0 Å². The van der Waals surface area contributed by atoms with Gasteiger partial charge >= 0.3 is 0 Å². The lowest BCUT2D eigenvalue weighted by atomic mass is 9.81. The monoisotopic (exact) mass is 184 g/mol. The first-order valence-electron chi connectivity index (χ1n) is 5.31. The van der Waals surface area contributed by atoms with Crippen LogP contribution in [0.4, 0.5) is 0 Å². The van der Waals surface area contributed by atoms with Crippen molar-refractivity contribution in [2.45, 2.75) is 25.8 Å². The van der Waals surface area contributed by atoms with Crippen LogP contribution in [0, 0.1) is 5.41 Å². The Morgan fingerprint density at radius 3 is 2.62 bits per heavy atom. The van der Waals surface area contributed by atoms with Crippen LogP contribution in [0.5, 0.6) is 0 Å². The first-order valence-corrected chi connectivity index (χ1v) is 5.31. The number of hydrogen-bond donors (Lipinski definition) is 1. The van der Waals surface area contributed by atoms with E-state index in [4.69, 9.17) is 10.5 Å². The Morgan fingerprint density at radius 1 is 1.54 bits per heavy atom. The van der Waals surface area contributed by atoms with E-state index < -0.39 is 0 Å². The molecule has 0 radical (unpaired) electrons. The maximum Gasteiger partial charge on any atom is 0.0557 e. The average molecular weight is 184 g/mol. The molecule has 0 saturated carbocycles. The van der Waals surface area contributed by atoms with E-state index in [-0.39, 0.29) is 0 Å². The zero-order valence-corrected chi connectivity index (χ0v) is 8.46. The van der Waals surface area contributed by atoms with Crippen LogP contribution >= 0.6 is 0 Å². The van der Waals surface area contributed by atoms with E-state index in [0.29, 0.717) is 11.5 Å². The van der Waals surface area contributed by atoms with Crippen molar-refractivity contribution < 1.29 is 4.74 Å². The molecule has 1 unspecified atom stereocenters. The lowest BCUT2D eigenvalue weighted by Crippen LogP contribution is -2.59. The van der Waals surface area contributed by atoms with Crippen molar-refractivity contribution in [1.82, 2.24) is 4.90 Å². The van der Waals surface area contributed by atoms with Gasteiger partial charge in [0, 0.05) is 31.1 Å². The average Bonchev–Trinajstić information content (AvgIpc) is 2.02. The van der Waals surface area contributed by atoms with Gasteiger partial charge in [-0.1, -0.05) is 6.92 Å². The largest absolute Gasteiger partial charge is 0.380 e. The van der Waals surface area contributed by atoms with E-state index >= 15 is 0 Å². The maximum absolute atomic E-state index is 5.67. The second-order valence-corrected chi connectivity index (χ2v) is 4.50. The second-order valence-electron chi connectivity index (χ2n) is 4.50. The van der Waals surface area contributed by atoms with Gasteiger partial charge in [-0.25, -0.2) is 0 Å². The number of nitrogens with two attached hydrogens (primary N) is 1. The highest BCUT2D eigenvalue weighted by Crippen LogP contribution is 2.34. The van der Waals surface area contributed by atoms with Crippen molar-refractivity contribution in [2.24, 2.45) is 11.1 Å². The number of ether oxygens (including phenoxy) is 1. The van der Waals surface area contributed by atoms with Crippen molar-refractivity contribution in [3.05, 3.63) is 0 Å². The molecule has 2 N–H and O–H groups in total. The van der Waals surface area contributed by atoms with Crippen LogP contribution < -0.4 is 5.73 Å². The number of hydrogen-bond acceptors (Lipinski definition) is 3. The molecule has 2 saturated heterocycles. The minimum absolute atomic E-state index is 0.466. The molecule has 2 fully saturated rings. The number of likely N-dealkylation sites (tertiary alicyclic amines) is 1. The third-order valence-corrected chi connectivity index (χ3v) is 3.64. The molecular weight excluding hydrogens is 164 g/mol. The minimum atomic E-state index is 0.466. The molecule has 13 heavy (non-hydrogen) atoms. The predicted molar refractivity (Wildman–Crippen MR) is 52.6 cm³/mol. The molecule has 2 aliphatic heterocycles. The van der Waals surface area contributed by atoms with Gasteiger partial charge in [-0.2, -0.15) is 0 Å². The first kappa shape index (κ1) is 9.44. The molecule has 0 amide bonds. The molecule has 0 aromatic heterocycles. The fourth-order valence-electron chi connectivity index (χ4n) is 2.20. The van der Waals surface area contributed by atoms with E-state index in [9.17, 15) is 0 Å². The van der Waals surface area contributed by atoms with Crippen LogP contribution in [-0.4, -0.2) is 43.8 Å². The summed E-state index contributed by atoms with van der Waals surface area (Å²) in [6, 6.07) is 0.657. The Balaban J connectivity index is 1.82. The molecule has 2 heterocycles. The lowest BCUT2D eigenvalue weighted by molar-refractivity contribution is -0.140. The van der Waals surface area contributed by atoms with Gasteiger partial charge in [0.15, 0.2) is 0 Å². The molecule has 0 aromatic carbocycles. The summed E-state index contributed by atoms with van der Waals surface area (Å²) in [7, 11) is 0. The fourth-order valence-corrected chi connectivity index (χ4v) is 2.20. The summed E-state index contributed by atoms with van der Waals surface area (Å²) in [6.07, 6.45) is 2.53. The quantitative estimate of drug-likeness (QED) is 0.689. The molecule has 3 heteroatoms. The van der Waals surface area contributed by atoms with Crippen molar-refractivity contribution in [3.63, 3.8) is 0 Å². The standard InChI is InChI=1S/C10H20N2O/c1-2-10(7-13-8-10)6-12-4-3-9(12)5-11/h9H,2-8,11H2,1H3. The van der Waals surface area contributed by atoms with E-state index in [1.165, 1.54) is 25.9 Å². The Hall–Kier alpha value is -0.120. The summed E-state index contributed by atoms with van der Waals surface area (Å²) in [5.41, 5.74) is 6.14. The highest BCUT2D eigenvalue weighted by atomic mass is 16.5. The van der Waals surface area contributed by atoms with Crippen LogP contribution in [0.1, 0.15) is 19.8 Å². The summed E-state index contributed by atoms with van der Waals surface area (Å²) in [6.45, 7) is 7.43. The molecule has 76 valence electrons.